The SMILES string of the molecule is [CH2-][NH2+]Nc1ccc(OC(F)(F)F)cc1.[HH]. The quantitative estimate of drug-likeness (QED) is 0.449. The zero-order valence-corrected chi connectivity index (χ0v) is 7.14. The van der Waals surface area contributed by atoms with E-state index in [1.54, 1.807) is 0 Å². The number of quaternary nitrogens is 1. The van der Waals surface area contributed by atoms with Crippen LogP contribution in [-0.4, -0.2) is 6.36 Å². The van der Waals surface area contributed by atoms with Gasteiger partial charge in [0.05, 0.1) is 5.69 Å². The molecule has 0 bridgehead atoms. The zero-order chi connectivity index (χ0) is 10.6. The molecule has 0 saturated heterocycles. The van der Waals surface area contributed by atoms with Gasteiger partial charge in [-0.05, 0) is 24.3 Å². The highest BCUT2D eigenvalue weighted by Gasteiger charge is 2.30. The minimum atomic E-state index is -4.65. The molecular weight excluding hydrogens is 197 g/mol. The molecule has 1 aromatic rings. The molecule has 0 heterocycles. The van der Waals surface area contributed by atoms with Crippen LogP contribution in [0.25, 0.3) is 0 Å². The number of benzene rings is 1. The van der Waals surface area contributed by atoms with E-state index in [0.717, 1.165) is 0 Å². The largest absolute Gasteiger partial charge is 0.573 e. The fourth-order valence-electron chi connectivity index (χ4n) is 0.871. The molecule has 0 atom stereocenters. The fourth-order valence-corrected chi connectivity index (χ4v) is 0.871. The predicted molar refractivity (Wildman–Crippen MR) is 46.1 cm³/mol. The predicted octanol–water partition coefficient (Wildman–Crippen LogP) is 1.51. The van der Waals surface area contributed by atoms with Crippen molar-refractivity contribution in [3.05, 3.63) is 31.3 Å². The standard InChI is InChI=1S/C8H9F3N2O.H2/c1-12-13-6-2-4-7(5-3-6)14-8(9,10)11;/h2-5,13H,1,12H2;1H. The number of nitrogens with one attached hydrogen (secondary N) is 1. The van der Waals surface area contributed by atoms with Crippen LogP contribution in [0, 0.1) is 7.05 Å². The molecule has 80 valence electrons. The van der Waals surface area contributed by atoms with Crippen LogP contribution in [0.15, 0.2) is 24.3 Å². The topological polar surface area (TPSA) is 37.9 Å². The van der Waals surface area contributed by atoms with Gasteiger partial charge in [0.1, 0.15) is 5.75 Å². The number of ether oxygens (including phenoxy) is 1. The summed E-state index contributed by atoms with van der Waals surface area (Å²) >= 11 is 0. The number of halogens is 3. The third-order valence-electron chi connectivity index (χ3n) is 1.36. The maximum atomic E-state index is 11.7. The number of nitrogens with two attached hydrogens (primary N) is 1. The molecule has 0 fully saturated rings. The van der Waals surface area contributed by atoms with Crippen molar-refractivity contribution in [3.63, 3.8) is 0 Å². The van der Waals surface area contributed by atoms with Gasteiger partial charge in [-0.2, -0.15) is 0 Å². The summed E-state index contributed by atoms with van der Waals surface area (Å²) in [6, 6.07) is 5.37. The minimum absolute atomic E-state index is 0. The van der Waals surface area contributed by atoms with Crippen LogP contribution in [0.1, 0.15) is 1.43 Å². The van der Waals surface area contributed by atoms with Crippen molar-refractivity contribution < 1.29 is 24.8 Å². The van der Waals surface area contributed by atoms with Crippen molar-refractivity contribution in [1.82, 2.24) is 0 Å². The van der Waals surface area contributed by atoms with Crippen molar-refractivity contribution in [3.8, 4) is 5.75 Å². The minimum Gasteiger partial charge on any atom is -0.406 e. The molecule has 14 heavy (non-hydrogen) atoms. The van der Waals surface area contributed by atoms with E-state index in [2.05, 4.69) is 17.2 Å². The first-order valence-corrected chi connectivity index (χ1v) is 3.74. The van der Waals surface area contributed by atoms with Crippen LogP contribution in [0.4, 0.5) is 18.9 Å². The third-order valence-corrected chi connectivity index (χ3v) is 1.36. The molecule has 1 rings (SSSR count). The molecule has 0 spiro atoms. The van der Waals surface area contributed by atoms with E-state index in [0.29, 0.717) is 5.69 Å². The monoisotopic (exact) mass is 208 g/mol. The molecule has 3 N–H and O–H groups in total. The van der Waals surface area contributed by atoms with Crippen LogP contribution in [0.3, 0.4) is 0 Å². The molecule has 0 aliphatic rings. The van der Waals surface area contributed by atoms with E-state index in [9.17, 15) is 13.2 Å². The average Bonchev–Trinajstić information content (AvgIpc) is 2.06. The number of anilines is 1. The lowest BCUT2D eigenvalue weighted by Crippen LogP contribution is -2.81. The van der Waals surface area contributed by atoms with Crippen molar-refractivity contribution in [2.24, 2.45) is 0 Å². The summed E-state index contributed by atoms with van der Waals surface area (Å²) in [5.74, 6) is -0.243. The van der Waals surface area contributed by atoms with Crippen LogP contribution in [0.2, 0.25) is 0 Å². The Morgan fingerprint density at radius 3 is 2.29 bits per heavy atom. The lowest BCUT2D eigenvalue weighted by atomic mass is 10.3. The highest BCUT2D eigenvalue weighted by Crippen LogP contribution is 2.23. The second-order valence-corrected chi connectivity index (χ2v) is 2.42. The summed E-state index contributed by atoms with van der Waals surface area (Å²) in [4.78, 5) is 0. The Morgan fingerprint density at radius 2 is 1.86 bits per heavy atom. The molecule has 0 amide bonds. The second-order valence-electron chi connectivity index (χ2n) is 2.42. The number of hydrogen-bond donors (Lipinski definition) is 2. The first-order valence-electron chi connectivity index (χ1n) is 3.74. The summed E-state index contributed by atoms with van der Waals surface area (Å²) in [5.41, 5.74) is 4.80. The summed E-state index contributed by atoms with van der Waals surface area (Å²) < 4.78 is 38.9. The van der Waals surface area contributed by atoms with Crippen molar-refractivity contribution in [2.75, 3.05) is 5.43 Å². The zero-order valence-electron chi connectivity index (χ0n) is 7.14. The van der Waals surface area contributed by atoms with Gasteiger partial charge in [0.2, 0.25) is 0 Å². The Morgan fingerprint density at radius 1 is 1.29 bits per heavy atom. The summed E-state index contributed by atoms with van der Waals surface area (Å²) in [7, 11) is 3.42. The maximum absolute atomic E-state index is 11.7. The van der Waals surface area contributed by atoms with E-state index in [1.165, 1.54) is 29.7 Å². The number of nitrogen functional groups attached to an aromatic ring is 1. The number of rotatable bonds is 3. The lowest BCUT2D eigenvalue weighted by Gasteiger charge is -2.09. The molecule has 0 radical (unpaired) electrons. The summed E-state index contributed by atoms with van der Waals surface area (Å²) in [6.07, 6.45) is -4.65. The lowest BCUT2D eigenvalue weighted by molar-refractivity contribution is -0.563. The highest BCUT2D eigenvalue weighted by atomic mass is 19.4. The Labute approximate surface area is 80.3 Å². The summed E-state index contributed by atoms with van der Waals surface area (Å²) in [6.45, 7) is 0. The van der Waals surface area contributed by atoms with Crippen LogP contribution in [0.5, 0.6) is 5.75 Å². The Hall–Kier alpha value is -1.43. The van der Waals surface area contributed by atoms with Crippen molar-refractivity contribution in [1.29, 1.82) is 0 Å². The Bertz CT molecular complexity index is 289. The van der Waals surface area contributed by atoms with Crippen molar-refractivity contribution >= 4 is 5.69 Å². The van der Waals surface area contributed by atoms with Gasteiger partial charge in [0.25, 0.3) is 0 Å². The Balaban J connectivity index is 0.00000196. The van der Waals surface area contributed by atoms with Gasteiger partial charge in [-0.1, -0.05) is 0 Å². The van der Waals surface area contributed by atoms with Gasteiger partial charge in [-0.25, -0.2) is 0 Å². The van der Waals surface area contributed by atoms with Gasteiger partial charge < -0.3 is 10.2 Å². The molecule has 0 aliphatic heterocycles. The number of alkyl halides is 3. The smallest absolute Gasteiger partial charge is 0.406 e. The van der Waals surface area contributed by atoms with Gasteiger partial charge in [0, 0.05) is 1.43 Å². The molecular formula is C8H11F3N2O. The second kappa shape index (κ2) is 4.19. The first-order chi connectivity index (χ1) is 6.51. The normalized spacial score (nSPS) is 11.1. The first kappa shape index (κ1) is 10.6. The Kier molecular flexibility index (Phi) is 3.19. The van der Waals surface area contributed by atoms with E-state index < -0.39 is 6.36 Å². The van der Waals surface area contributed by atoms with E-state index in [-0.39, 0.29) is 7.18 Å². The molecule has 0 aliphatic carbocycles. The molecule has 6 heteroatoms. The third kappa shape index (κ3) is 3.53. The van der Waals surface area contributed by atoms with Gasteiger partial charge in [-0.15, -0.1) is 20.2 Å². The van der Waals surface area contributed by atoms with E-state index in [4.69, 9.17) is 0 Å². The van der Waals surface area contributed by atoms with E-state index in [1.807, 2.05) is 0 Å². The summed E-state index contributed by atoms with van der Waals surface area (Å²) in [5, 5.41) is 0. The molecule has 0 unspecified atom stereocenters. The maximum Gasteiger partial charge on any atom is 0.573 e. The fraction of sp³-hybridized carbons (Fsp3) is 0.125. The van der Waals surface area contributed by atoms with Gasteiger partial charge in [0.15, 0.2) is 0 Å². The molecule has 3 nitrogen and oxygen atoms in total. The van der Waals surface area contributed by atoms with Gasteiger partial charge >= 0.3 is 6.36 Å². The molecule has 1 aromatic carbocycles. The van der Waals surface area contributed by atoms with Gasteiger partial charge in [-0.3, -0.25) is 5.43 Å². The highest BCUT2D eigenvalue weighted by molar-refractivity contribution is 5.44. The molecule has 0 aromatic heterocycles. The molecule has 0 saturated carbocycles. The van der Waals surface area contributed by atoms with Crippen molar-refractivity contribution in [2.45, 2.75) is 6.36 Å². The number of hydrogen-bond acceptors (Lipinski definition) is 2. The van der Waals surface area contributed by atoms with Crippen LogP contribution in [-0.2, 0) is 0 Å². The average molecular weight is 208 g/mol. The van der Waals surface area contributed by atoms with Crippen LogP contribution >= 0.6 is 0 Å². The van der Waals surface area contributed by atoms with E-state index >= 15 is 0 Å². The van der Waals surface area contributed by atoms with Crippen LogP contribution < -0.4 is 15.6 Å².